The standard InChI is InChI=1S/C10H11N3S2/c1-11-5-8-6-12-10(13-7-8)15-9-3-2-4-14-9/h2-4,6-7,11H,5H2,1H3. The van der Waals surface area contributed by atoms with Gasteiger partial charge < -0.3 is 5.32 Å². The number of hydrogen-bond donors (Lipinski definition) is 1. The maximum Gasteiger partial charge on any atom is 0.193 e. The van der Waals surface area contributed by atoms with Crippen LogP contribution in [0, 0.1) is 0 Å². The van der Waals surface area contributed by atoms with E-state index in [9.17, 15) is 0 Å². The molecule has 0 atom stereocenters. The van der Waals surface area contributed by atoms with Crippen molar-refractivity contribution in [1.82, 2.24) is 15.3 Å². The summed E-state index contributed by atoms with van der Waals surface area (Å²) in [5.74, 6) is 0. The Kier molecular flexibility index (Phi) is 3.71. The van der Waals surface area contributed by atoms with Gasteiger partial charge in [-0.15, -0.1) is 11.3 Å². The summed E-state index contributed by atoms with van der Waals surface area (Å²) in [6.07, 6.45) is 3.72. The van der Waals surface area contributed by atoms with Crippen molar-refractivity contribution in [2.75, 3.05) is 7.05 Å². The Hall–Kier alpha value is -0.910. The van der Waals surface area contributed by atoms with Gasteiger partial charge in [-0.05, 0) is 30.3 Å². The van der Waals surface area contributed by atoms with Gasteiger partial charge in [-0.25, -0.2) is 9.97 Å². The van der Waals surface area contributed by atoms with Gasteiger partial charge in [-0.1, -0.05) is 6.07 Å². The van der Waals surface area contributed by atoms with Crippen LogP contribution in [0.25, 0.3) is 0 Å². The van der Waals surface area contributed by atoms with Gasteiger partial charge >= 0.3 is 0 Å². The second kappa shape index (κ2) is 5.25. The molecule has 0 bridgehead atoms. The second-order valence-electron chi connectivity index (χ2n) is 2.94. The van der Waals surface area contributed by atoms with Crippen LogP contribution in [0.5, 0.6) is 0 Å². The van der Waals surface area contributed by atoms with Crippen LogP contribution in [0.1, 0.15) is 5.56 Å². The van der Waals surface area contributed by atoms with E-state index < -0.39 is 0 Å². The summed E-state index contributed by atoms with van der Waals surface area (Å²) in [7, 11) is 1.91. The second-order valence-corrected chi connectivity index (χ2v) is 5.15. The van der Waals surface area contributed by atoms with Crippen molar-refractivity contribution in [3.63, 3.8) is 0 Å². The molecule has 0 spiro atoms. The summed E-state index contributed by atoms with van der Waals surface area (Å²) in [5.41, 5.74) is 1.10. The van der Waals surface area contributed by atoms with Gasteiger partial charge in [0.15, 0.2) is 5.16 Å². The molecule has 0 unspecified atom stereocenters. The topological polar surface area (TPSA) is 37.8 Å². The number of nitrogens with zero attached hydrogens (tertiary/aromatic N) is 2. The van der Waals surface area contributed by atoms with Gasteiger partial charge in [0.05, 0.1) is 4.21 Å². The summed E-state index contributed by atoms with van der Waals surface area (Å²) in [5, 5.41) is 5.92. The molecule has 78 valence electrons. The van der Waals surface area contributed by atoms with Crippen molar-refractivity contribution in [3.8, 4) is 0 Å². The first-order valence-corrected chi connectivity index (χ1v) is 6.25. The molecule has 5 heteroatoms. The van der Waals surface area contributed by atoms with Gasteiger partial charge in [0, 0.05) is 24.5 Å². The fourth-order valence-corrected chi connectivity index (χ4v) is 2.67. The minimum atomic E-state index is 0.803. The number of hydrogen-bond acceptors (Lipinski definition) is 5. The molecular formula is C10H11N3S2. The van der Waals surface area contributed by atoms with E-state index in [0.29, 0.717) is 0 Å². The molecule has 0 aliphatic rings. The van der Waals surface area contributed by atoms with Gasteiger partial charge in [0.2, 0.25) is 0 Å². The Balaban J connectivity index is 2.04. The first kappa shape index (κ1) is 10.6. The molecule has 15 heavy (non-hydrogen) atoms. The minimum absolute atomic E-state index is 0.803. The molecule has 3 nitrogen and oxygen atoms in total. The summed E-state index contributed by atoms with van der Waals surface area (Å²) < 4.78 is 1.22. The van der Waals surface area contributed by atoms with Crippen LogP contribution in [-0.2, 0) is 6.54 Å². The van der Waals surface area contributed by atoms with Crippen molar-refractivity contribution in [2.24, 2.45) is 0 Å². The van der Waals surface area contributed by atoms with Crippen LogP contribution in [0.3, 0.4) is 0 Å². The van der Waals surface area contributed by atoms with Gasteiger partial charge in [0.25, 0.3) is 0 Å². The fraction of sp³-hybridized carbons (Fsp3) is 0.200. The lowest BCUT2D eigenvalue weighted by Gasteiger charge is -2.00. The van der Waals surface area contributed by atoms with Crippen molar-refractivity contribution in [3.05, 3.63) is 35.5 Å². The minimum Gasteiger partial charge on any atom is -0.316 e. The third kappa shape index (κ3) is 3.02. The maximum absolute atomic E-state index is 4.29. The molecule has 0 aliphatic heterocycles. The van der Waals surface area contributed by atoms with Crippen LogP contribution in [0.15, 0.2) is 39.3 Å². The fourth-order valence-electron chi connectivity index (χ4n) is 1.10. The molecule has 0 radical (unpaired) electrons. The lowest BCUT2D eigenvalue weighted by atomic mass is 10.3. The van der Waals surface area contributed by atoms with Gasteiger partial charge in [-0.3, -0.25) is 0 Å². The number of aromatic nitrogens is 2. The summed E-state index contributed by atoms with van der Waals surface area (Å²) in [6.45, 7) is 0.809. The number of thiophene rings is 1. The zero-order chi connectivity index (χ0) is 10.5. The van der Waals surface area contributed by atoms with Gasteiger partial charge in [0.1, 0.15) is 0 Å². The molecule has 0 saturated heterocycles. The molecule has 0 amide bonds. The molecule has 2 aromatic heterocycles. The van der Waals surface area contributed by atoms with Crippen molar-refractivity contribution in [1.29, 1.82) is 0 Å². The Morgan fingerprint density at radius 2 is 2.20 bits per heavy atom. The highest BCUT2D eigenvalue weighted by atomic mass is 32.2. The van der Waals surface area contributed by atoms with E-state index in [1.807, 2.05) is 25.5 Å². The molecule has 0 fully saturated rings. The lowest BCUT2D eigenvalue weighted by molar-refractivity contribution is 0.793. The monoisotopic (exact) mass is 237 g/mol. The quantitative estimate of drug-likeness (QED) is 0.829. The van der Waals surface area contributed by atoms with E-state index in [4.69, 9.17) is 0 Å². The Bertz CT molecular complexity index is 397. The van der Waals surface area contributed by atoms with Crippen LogP contribution < -0.4 is 5.32 Å². The van der Waals surface area contributed by atoms with E-state index >= 15 is 0 Å². The summed E-state index contributed by atoms with van der Waals surface area (Å²) in [4.78, 5) is 8.58. The lowest BCUT2D eigenvalue weighted by Crippen LogP contribution is -2.05. The molecule has 0 saturated carbocycles. The number of rotatable bonds is 4. The van der Waals surface area contributed by atoms with Crippen molar-refractivity contribution in [2.45, 2.75) is 15.9 Å². The highest BCUT2D eigenvalue weighted by Gasteiger charge is 2.01. The zero-order valence-corrected chi connectivity index (χ0v) is 9.94. The van der Waals surface area contributed by atoms with Gasteiger partial charge in [-0.2, -0.15) is 0 Å². The Labute approximate surface area is 97.0 Å². The van der Waals surface area contributed by atoms with Crippen LogP contribution >= 0.6 is 23.1 Å². The first-order valence-electron chi connectivity index (χ1n) is 4.55. The molecule has 0 aliphatic carbocycles. The highest BCUT2D eigenvalue weighted by Crippen LogP contribution is 2.28. The van der Waals surface area contributed by atoms with Crippen LogP contribution in [0.2, 0.25) is 0 Å². The molecule has 1 N–H and O–H groups in total. The maximum atomic E-state index is 4.29. The molecule has 2 heterocycles. The highest BCUT2D eigenvalue weighted by molar-refractivity contribution is 8.01. The third-order valence-electron chi connectivity index (χ3n) is 1.75. The van der Waals surface area contributed by atoms with Crippen molar-refractivity contribution < 1.29 is 0 Å². The molecule has 0 aromatic carbocycles. The average Bonchev–Trinajstić information content (AvgIpc) is 2.74. The van der Waals surface area contributed by atoms with Crippen molar-refractivity contribution >= 4 is 23.1 Å². The van der Waals surface area contributed by atoms with Crippen LogP contribution in [-0.4, -0.2) is 17.0 Å². The first-order chi connectivity index (χ1) is 7.38. The summed E-state index contributed by atoms with van der Waals surface area (Å²) in [6, 6.07) is 4.10. The van der Waals surface area contributed by atoms with Crippen LogP contribution in [0.4, 0.5) is 0 Å². The summed E-state index contributed by atoms with van der Waals surface area (Å²) >= 11 is 3.30. The van der Waals surface area contributed by atoms with E-state index in [-0.39, 0.29) is 0 Å². The normalized spacial score (nSPS) is 10.5. The predicted molar refractivity (Wildman–Crippen MR) is 63.2 cm³/mol. The Morgan fingerprint density at radius 1 is 1.40 bits per heavy atom. The number of nitrogens with one attached hydrogen (secondary N) is 1. The predicted octanol–water partition coefficient (Wildman–Crippen LogP) is 2.41. The molecular weight excluding hydrogens is 226 g/mol. The Morgan fingerprint density at radius 3 is 2.80 bits per heavy atom. The SMILES string of the molecule is CNCc1cnc(Sc2cccs2)nc1. The smallest absolute Gasteiger partial charge is 0.193 e. The van der Waals surface area contributed by atoms with E-state index in [1.165, 1.54) is 4.21 Å². The van der Waals surface area contributed by atoms with E-state index in [0.717, 1.165) is 17.3 Å². The molecule has 2 aromatic rings. The third-order valence-corrected chi connectivity index (χ3v) is 3.68. The molecule has 2 rings (SSSR count). The largest absolute Gasteiger partial charge is 0.316 e. The van der Waals surface area contributed by atoms with E-state index in [1.54, 1.807) is 23.1 Å². The van der Waals surface area contributed by atoms with E-state index in [2.05, 4.69) is 26.7 Å². The average molecular weight is 237 g/mol. The zero-order valence-electron chi connectivity index (χ0n) is 8.30.